The number of amides is 3. The highest BCUT2D eigenvalue weighted by Gasteiger charge is 2.27. The Morgan fingerprint density at radius 1 is 0.755 bits per heavy atom. The van der Waals surface area contributed by atoms with Gasteiger partial charge in [0.05, 0.1) is 5.69 Å². The average molecular weight is 650 g/mol. The smallest absolute Gasteiger partial charge is 0.272 e. The topological polar surface area (TPSA) is 95.8 Å². The molecule has 0 aliphatic heterocycles. The third-order valence-electron chi connectivity index (χ3n) is 8.47. The molecule has 8 heteroatoms. The maximum Gasteiger partial charge on any atom is 0.272 e. The van der Waals surface area contributed by atoms with Crippen molar-refractivity contribution in [2.75, 3.05) is 12.4 Å². The van der Waals surface area contributed by atoms with Gasteiger partial charge in [0.2, 0.25) is 5.91 Å². The van der Waals surface area contributed by atoms with Crippen LogP contribution in [0.4, 0.5) is 5.69 Å². The maximum absolute atomic E-state index is 13.7. The molecule has 2 aromatic heterocycles. The molecular weight excluding hydrogens is 610 g/mol. The summed E-state index contributed by atoms with van der Waals surface area (Å²) < 4.78 is 1.68. The summed E-state index contributed by atoms with van der Waals surface area (Å²) in [6.45, 7) is 6.91. The molecule has 0 radical (unpaired) electrons. The molecule has 0 saturated carbocycles. The second kappa shape index (κ2) is 14.0. The van der Waals surface area contributed by atoms with Gasteiger partial charge >= 0.3 is 0 Å². The number of likely N-dealkylation sites (N-methyl/N-ethyl adjacent to an activating group) is 1. The van der Waals surface area contributed by atoms with E-state index in [1.165, 1.54) is 5.56 Å². The first-order chi connectivity index (χ1) is 23.6. The summed E-state index contributed by atoms with van der Waals surface area (Å²) in [6.07, 6.45) is 3.30. The van der Waals surface area contributed by atoms with Crippen LogP contribution in [0.25, 0.3) is 16.8 Å². The van der Waals surface area contributed by atoms with Crippen molar-refractivity contribution in [3.63, 3.8) is 0 Å². The summed E-state index contributed by atoms with van der Waals surface area (Å²) in [5.41, 5.74) is 6.44. The van der Waals surface area contributed by atoms with Gasteiger partial charge < -0.3 is 19.9 Å². The summed E-state index contributed by atoms with van der Waals surface area (Å²) in [4.78, 5) is 46.9. The van der Waals surface area contributed by atoms with Gasteiger partial charge in [-0.2, -0.15) is 0 Å². The van der Waals surface area contributed by atoms with Crippen molar-refractivity contribution < 1.29 is 14.4 Å². The molecule has 6 rings (SSSR count). The van der Waals surface area contributed by atoms with E-state index in [1.54, 1.807) is 40.9 Å². The lowest BCUT2D eigenvalue weighted by Gasteiger charge is -2.25. The van der Waals surface area contributed by atoms with Crippen LogP contribution >= 0.6 is 0 Å². The first-order valence-electron chi connectivity index (χ1n) is 16.2. The van der Waals surface area contributed by atoms with Crippen LogP contribution in [-0.4, -0.2) is 39.1 Å². The normalized spacial score (nSPS) is 11.9. The molecule has 0 bridgehead atoms. The first kappa shape index (κ1) is 32.9. The van der Waals surface area contributed by atoms with Gasteiger partial charge in [0, 0.05) is 31.5 Å². The van der Waals surface area contributed by atoms with Gasteiger partial charge in [-0.25, -0.2) is 4.98 Å². The summed E-state index contributed by atoms with van der Waals surface area (Å²) >= 11 is 0. The number of aromatic nitrogens is 2. The number of fused-ring (bicyclic) bond motifs is 1. The van der Waals surface area contributed by atoms with Gasteiger partial charge in [-0.05, 0) is 51.4 Å². The Kier molecular flexibility index (Phi) is 9.40. The fourth-order valence-corrected chi connectivity index (χ4v) is 5.75. The Labute approximate surface area is 286 Å². The average Bonchev–Trinajstić information content (AvgIpc) is 3.54. The third kappa shape index (κ3) is 7.60. The standard InChI is InChI=1S/C41H39N5O3/c1-41(2,3)31-21-19-29(20-22-31)33-17-11-12-18-34(33)38(47)42-32-23-24-36-43-35(27-46(36)26-32)39(48)44-37(30-15-9-6-10-16-30)40(49)45(4)25-28-13-7-5-8-14-28/h5-24,26-27,37H,25H2,1-4H3,(H,42,47)(H,44,48). The Hall–Kier alpha value is -6.02. The molecule has 6 aromatic rings. The highest BCUT2D eigenvalue weighted by molar-refractivity contribution is 6.08. The molecule has 0 saturated heterocycles. The molecule has 2 heterocycles. The Balaban J connectivity index is 1.19. The Morgan fingerprint density at radius 2 is 1.41 bits per heavy atom. The predicted molar refractivity (Wildman–Crippen MR) is 193 cm³/mol. The molecular formula is C41H39N5O3. The number of anilines is 1. The zero-order valence-electron chi connectivity index (χ0n) is 28.1. The zero-order valence-corrected chi connectivity index (χ0v) is 28.1. The van der Waals surface area contributed by atoms with Crippen molar-refractivity contribution in [2.45, 2.75) is 38.8 Å². The lowest BCUT2D eigenvalue weighted by molar-refractivity contribution is -0.132. The third-order valence-corrected chi connectivity index (χ3v) is 8.47. The van der Waals surface area contributed by atoms with Gasteiger partial charge in [0.1, 0.15) is 17.4 Å². The van der Waals surface area contributed by atoms with Crippen molar-refractivity contribution >= 4 is 29.1 Å². The van der Waals surface area contributed by atoms with E-state index in [4.69, 9.17) is 0 Å². The fourth-order valence-electron chi connectivity index (χ4n) is 5.75. The van der Waals surface area contributed by atoms with E-state index < -0.39 is 11.9 Å². The van der Waals surface area contributed by atoms with Gasteiger partial charge in [-0.1, -0.05) is 124 Å². The number of hydrogen-bond donors (Lipinski definition) is 2. The van der Waals surface area contributed by atoms with Gasteiger partial charge in [-0.15, -0.1) is 0 Å². The summed E-state index contributed by atoms with van der Waals surface area (Å²) in [7, 11) is 1.72. The SMILES string of the molecule is CN(Cc1ccccc1)C(=O)C(NC(=O)c1cn2cc(NC(=O)c3ccccc3-c3ccc(C(C)(C)C)cc3)ccc2n1)c1ccccc1. The van der Waals surface area contributed by atoms with E-state index in [0.717, 1.165) is 16.7 Å². The monoisotopic (exact) mass is 649 g/mol. The molecule has 2 N–H and O–H groups in total. The molecule has 0 aliphatic carbocycles. The summed E-state index contributed by atoms with van der Waals surface area (Å²) in [5, 5.41) is 5.90. The minimum absolute atomic E-state index is 0.0300. The van der Waals surface area contributed by atoms with Crippen molar-refractivity contribution in [3.8, 4) is 11.1 Å². The van der Waals surface area contributed by atoms with Crippen LogP contribution < -0.4 is 10.6 Å². The van der Waals surface area contributed by atoms with E-state index >= 15 is 0 Å². The first-order valence-corrected chi connectivity index (χ1v) is 16.2. The molecule has 0 fully saturated rings. The zero-order chi connectivity index (χ0) is 34.5. The van der Waals surface area contributed by atoms with Gasteiger partial charge in [0.25, 0.3) is 11.8 Å². The van der Waals surface area contributed by atoms with Gasteiger partial charge in [-0.3, -0.25) is 14.4 Å². The number of benzene rings is 4. The van der Waals surface area contributed by atoms with Crippen LogP contribution in [0.5, 0.6) is 0 Å². The number of hydrogen-bond acceptors (Lipinski definition) is 4. The molecule has 0 spiro atoms. The van der Waals surface area contributed by atoms with Crippen LogP contribution in [0.15, 0.2) is 134 Å². The minimum atomic E-state index is -0.910. The summed E-state index contributed by atoms with van der Waals surface area (Å²) in [5.74, 6) is -0.990. The van der Waals surface area contributed by atoms with E-state index in [-0.39, 0.29) is 22.9 Å². The van der Waals surface area contributed by atoms with Crippen molar-refractivity contribution in [3.05, 3.63) is 162 Å². The number of rotatable bonds is 9. The molecule has 0 aliphatic rings. The Morgan fingerprint density at radius 3 is 2.10 bits per heavy atom. The molecule has 3 amide bonds. The van der Waals surface area contributed by atoms with Crippen molar-refractivity contribution in [1.82, 2.24) is 19.6 Å². The summed E-state index contributed by atoms with van der Waals surface area (Å²) in [6, 6.07) is 37.3. The van der Waals surface area contributed by atoms with Crippen LogP contribution in [0.1, 0.15) is 64.3 Å². The van der Waals surface area contributed by atoms with Crippen molar-refractivity contribution in [1.29, 1.82) is 0 Å². The molecule has 246 valence electrons. The molecule has 1 atom stereocenters. The number of carbonyl (C=O) groups excluding carboxylic acids is 3. The number of pyridine rings is 1. The minimum Gasteiger partial charge on any atom is -0.339 e. The molecule has 4 aromatic carbocycles. The lowest BCUT2D eigenvalue weighted by atomic mass is 9.86. The Bertz CT molecular complexity index is 2100. The van der Waals surface area contributed by atoms with Gasteiger partial charge in [0.15, 0.2) is 0 Å². The van der Waals surface area contributed by atoms with Crippen LogP contribution in [0, 0.1) is 0 Å². The largest absolute Gasteiger partial charge is 0.339 e. The highest BCUT2D eigenvalue weighted by Crippen LogP contribution is 2.29. The fraction of sp³-hybridized carbons (Fsp3) is 0.171. The van der Waals surface area contributed by atoms with Crippen molar-refractivity contribution in [2.24, 2.45) is 0 Å². The highest BCUT2D eigenvalue weighted by atomic mass is 16.2. The molecule has 8 nitrogen and oxygen atoms in total. The van der Waals surface area contributed by atoms with E-state index in [2.05, 4.69) is 48.5 Å². The lowest BCUT2D eigenvalue weighted by Crippen LogP contribution is -2.41. The van der Waals surface area contributed by atoms with E-state index in [9.17, 15) is 14.4 Å². The van der Waals surface area contributed by atoms with Crippen LogP contribution in [0.2, 0.25) is 0 Å². The van der Waals surface area contributed by atoms with Crippen LogP contribution in [-0.2, 0) is 16.8 Å². The van der Waals surface area contributed by atoms with E-state index in [1.807, 2.05) is 97.1 Å². The van der Waals surface area contributed by atoms with E-state index in [0.29, 0.717) is 29.0 Å². The second-order valence-corrected chi connectivity index (χ2v) is 13.1. The predicted octanol–water partition coefficient (Wildman–Crippen LogP) is 7.68. The molecule has 49 heavy (non-hydrogen) atoms. The quantitative estimate of drug-likeness (QED) is 0.168. The number of imidazole rings is 1. The molecule has 1 unspecified atom stereocenters. The number of nitrogens with one attached hydrogen (secondary N) is 2. The maximum atomic E-state index is 13.7. The number of carbonyl (C=O) groups is 3. The second-order valence-electron chi connectivity index (χ2n) is 13.1. The number of nitrogens with zero attached hydrogens (tertiary/aromatic N) is 3. The van der Waals surface area contributed by atoms with Crippen LogP contribution in [0.3, 0.4) is 0 Å².